The van der Waals surface area contributed by atoms with Crippen LogP contribution in [-0.2, 0) is 6.54 Å². The lowest BCUT2D eigenvalue weighted by molar-refractivity contribution is 0.662. The van der Waals surface area contributed by atoms with Gasteiger partial charge in [-0.3, -0.25) is 0 Å². The average molecular weight is 220 g/mol. The van der Waals surface area contributed by atoms with Crippen molar-refractivity contribution in [1.82, 2.24) is 5.32 Å². The van der Waals surface area contributed by atoms with Crippen molar-refractivity contribution in [3.8, 4) is 0 Å². The van der Waals surface area contributed by atoms with Gasteiger partial charge in [-0.2, -0.15) is 0 Å². The summed E-state index contributed by atoms with van der Waals surface area (Å²) in [5.41, 5.74) is 4.05. The van der Waals surface area contributed by atoms with Crippen molar-refractivity contribution in [1.29, 1.82) is 0 Å². The van der Waals surface area contributed by atoms with Gasteiger partial charge in [0.2, 0.25) is 0 Å². The fourth-order valence-electron chi connectivity index (χ4n) is 1.94. The van der Waals surface area contributed by atoms with Crippen LogP contribution in [0.15, 0.2) is 18.2 Å². The number of benzene rings is 1. The Morgan fingerprint density at radius 2 is 2.06 bits per heavy atom. The third-order valence-corrected chi connectivity index (χ3v) is 3.27. The highest BCUT2D eigenvalue weighted by molar-refractivity contribution is 5.54. The van der Waals surface area contributed by atoms with E-state index in [0.29, 0.717) is 6.04 Å². The minimum absolute atomic E-state index is 0.592. The quantitative estimate of drug-likeness (QED) is 0.820. The van der Waals surface area contributed by atoms with Crippen molar-refractivity contribution >= 4 is 5.69 Å². The molecule has 1 aromatic rings. The molecular weight excluding hydrogens is 196 g/mol. The molecule has 1 rings (SSSR count). The molecule has 0 radical (unpaired) electrons. The number of hydrogen-bond donors (Lipinski definition) is 1. The van der Waals surface area contributed by atoms with Crippen LogP contribution >= 0.6 is 0 Å². The summed E-state index contributed by atoms with van der Waals surface area (Å²) in [6, 6.07) is 7.30. The first kappa shape index (κ1) is 13.0. The van der Waals surface area contributed by atoms with E-state index in [1.807, 2.05) is 7.05 Å². The topological polar surface area (TPSA) is 15.3 Å². The van der Waals surface area contributed by atoms with Crippen LogP contribution in [0.2, 0.25) is 0 Å². The zero-order chi connectivity index (χ0) is 12.1. The van der Waals surface area contributed by atoms with E-state index >= 15 is 0 Å². The Kier molecular flexibility index (Phi) is 4.81. The molecule has 1 aromatic carbocycles. The molecule has 0 aromatic heterocycles. The minimum atomic E-state index is 0.592. The Morgan fingerprint density at radius 1 is 1.38 bits per heavy atom. The molecule has 2 nitrogen and oxygen atoms in total. The first-order valence-electron chi connectivity index (χ1n) is 6.07. The maximum atomic E-state index is 3.18. The van der Waals surface area contributed by atoms with Gasteiger partial charge in [-0.15, -0.1) is 0 Å². The van der Waals surface area contributed by atoms with E-state index in [9.17, 15) is 0 Å². The summed E-state index contributed by atoms with van der Waals surface area (Å²) in [5, 5.41) is 3.18. The Hall–Kier alpha value is -1.02. The summed E-state index contributed by atoms with van der Waals surface area (Å²) in [4.78, 5) is 2.36. The molecule has 0 aliphatic carbocycles. The Bertz CT molecular complexity index is 334. The molecule has 2 heteroatoms. The molecule has 0 aliphatic rings. The molecule has 0 spiro atoms. The number of rotatable bonds is 5. The van der Waals surface area contributed by atoms with Crippen LogP contribution in [0, 0.1) is 6.92 Å². The Morgan fingerprint density at radius 3 is 2.56 bits per heavy atom. The van der Waals surface area contributed by atoms with Crippen molar-refractivity contribution < 1.29 is 0 Å². The first-order valence-corrected chi connectivity index (χ1v) is 6.07. The molecule has 0 bridgehead atoms. The van der Waals surface area contributed by atoms with Crippen LogP contribution in [0.3, 0.4) is 0 Å². The van der Waals surface area contributed by atoms with Crippen LogP contribution in [0.25, 0.3) is 0 Å². The van der Waals surface area contributed by atoms with Gasteiger partial charge in [0.05, 0.1) is 0 Å². The Labute approximate surface area is 99.7 Å². The largest absolute Gasteiger partial charge is 0.372 e. The first-order chi connectivity index (χ1) is 7.60. The van der Waals surface area contributed by atoms with Gasteiger partial charge >= 0.3 is 0 Å². The monoisotopic (exact) mass is 220 g/mol. The summed E-state index contributed by atoms with van der Waals surface area (Å²) < 4.78 is 0. The second-order valence-electron chi connectivity index (χ2n) is 4.52. The van der Waals surface area contributed by atoms with Crippen LogP contribution in [-0.4, -0.2) is 20.1 Å². The van der Waals surface area contributed by atoms with Crippen molar-refractivity contribution in [2.75, 3.05) is 19.0 Å². The zero-order valence-corrected chi connectivity index (χ0v) is 11.2. The fraction of sp³-hybridized carbons (Fsp3) is 0.571. The maximum absolute atomic E-state index is 3.18. The third-order valence-electron chi connectivity index (χ3n) is 3.27. The van der Waals surface area contributed by atoms with Gasteiger partial charge in [-0.05, 0) is 44.5 Å². The third kappa shape index (κ3) is 2.99. The molecule has 90 valence electrons. The predicted octanol–water partition coefficient (Wildman–Crippen LogP) is 2.95. The van der Waals surface area contributed by atoms with Crippen LogP contribution in [0.4, 0.5) is 5.69 Å². The zero-order valence-electron chi connectivity index (χ0n) is 11.2. The molecule has 16 heavy (non-hydrogen) atoms. The highest BCUT2D eigenvalue weighted by Crippen LogP contribution is 2.22. The second-order valence-corrected chi connectivity index (χ2v) is 4.52. The maximum Gasteiger partial charge on any atom is 0.0395 e. The standard InChI is InChI=1S/C14H24N2/c1-6-12(3)16(5)14-8-7-13(10-15-4)9-11(14)2/h7-9,12,15H,6,10H2,1-5H3. The minimum Gasteiger partial charge on any atom is -0.372 e. The number of nitrogens with zero attached hydrogens (tertiary/aromatic N) is 1. The number of nitrogens with one attached hydrogen (secondary N) is 1. The summed E-state index contributed by atoms with van der Waals surface area (Å²) in [6.07, 6.45) is 1.17. The van der Waals surface area contributed by atoms with Crippen LogP contribution < -0.4 is 10.2 Å². The average Bonchev–Trinajstić information content (AvgIpc) is 2.28. The van der Waals surface area contributed by atoms with E-state index in [0.717, 1.165) is 6.54 Å². The van der Waals surface area contributed by atoms with Gasteiger partial charge in [0.1, 0.15) is 0 Å². The molecule has 0 aliphatic heterocycles. The summed E-state index contributed by atoms with van der Waals surface area (Å²) >= 11 is 0. The van der Waals surface area contributed by atoms with Gasteiger partial charge in [-0.25, -0.2) is 0 Å². The number of aryl methyl sites for hydroxylation is 1. The normalized spacial score (nSPS) is 12.6. The number of anilines is 1. The fourth-order valence-corrected chi connectivity index (χ4v) is 1.94. The van der Waals surface area contributed by atoms with E-state index in [4.69, 9.17) is 0 Å². The SMILES string of the molecule is CCC(C)N(C)c1ccc(CNC)cc1C. The van der Waals surface area contributed by atoms with Gasteiger partial charge in [0.25, 0.3) is 0 Å². The smallest absolute Gasteiger partial charge is 0.0395 e. The van der Waals surface area contributed by atoms with Crippen LogP contribution in [0.1, 0.15) is 31.4 Å². The van der Waals surface area contributed by atoms with E-state index in [2.05, 4.69) is 56.2 Å². The lowest BCUT2D eigenvalue weighted by atomic mass is 10.1. The molecule has 0 amide bonds. The molecule has 1 N–H and O–H groups in total. The lowest BCUT2D eigenvalue weighted by Crippen LogP contribution is -2.28. The summed E-state index contributed by atoms with van der Waals surface area (Å²) in [6.45, 7) is 7.62. The summed E-state index contributed by atoms with van der Waals surface area (Å²) in [7, 11) is 4.16. The van der Waals surface area contributed by atoms with Gasteiger partial charge in [-0.1, -0.05) is 19.1 Å². The summed E-state index contributed by atoms with van der Waals surface area (Å²) in [5.74, 6) is 0. The molecule has 0 heterocycles. The van der Waals surface area contributed by atoms with Crippen molar-refractivity contribution in [3.05, 3.63) is 29.3 Å². The second kappa shape index (κ2) is 5.90. The van der Waals surface area contributed by atoms with E-state index in [1.165, 1.54) is 23.2 Å². The van der Waals surface area contributed by atoms with Gasteiger partial charge in [0, 0.05) is 25.3 Å². The molecule has 0 fully saturated rings. The van der Waals surface area contributed by atoms with E-state index in [-0.39, 0.29) is 0 Å². The van der Waals surface area contributed by atoms with E-state index in [1.54, 1.807) is 0 Å². The number of hydrogen-bond acceptors (Lipinski definition) is 2. The molecule has 1 atom stereocenters. The van der Waals surface area contributed by atoms with Gasteiger partial charge in [0.15, 0.2) is 0 Å². The molecule has 1 unspecified atom stereocenters. The highest BCUT2D eigenvalue weighted by Gasteiger charge is 2.10. The molecule has 0 saturated carbocycles. The Balaban J connectivity index is 2.89. The van der Waals surface area contributed by atoms with Crippen molar-refractivity contribution in [3.63, 3.8) is 0 Å². The van der Waals surface area contributed by atoms with Crippen molar-refractivity contribution in [2.45, 2.75) is 39.8 Å². The molecule has 0 saturated heterocycles. The highest BCUT2D eigenvalue weighted by atomic mass is 15.1. The predicted molar refractivity (Wildman–Crippen MR) is 72.1 cm³/mol. The van der Waals surface area contributed by atoms with Crippen molar-refractivity contribution in [2.24, 2.45) is 0 Å². The van der Waals surface area contributed by atoms with E-state index < -0.39 is 0 Å². The van der Waals surface area contributed by atoms with Gasteiger partial charge < -0.3 is 10.2 Å². The lowest BCUT2D eigenvalue weighted by Gasteiger charge is -2.28. The van der Waals surface area contributed by atoms with Crippen LogP contribution in [0.5, 0.6) is 0 Å². The molecular formula is C14H24N2.